The molecule has 6 rings (SSSR count). The second-order valence-corrected chi connectivity index (χ2v) is 12.4. The van der Waals surface area contributed by atoms with E-state index in [1.807, 2.05) is 72.8 Å². The summed E-state index contributed by atoms with van der Waals surface area (Å²) >= 11 is 0. The van der Waals surface area contributed by atoms with Gasteiger partial charge >= 0.3 is 11.7 Å². The molecule has 0 spiro atoms. The highest BCUT2D eigenvalue weighted by atomic mass is 16.7. The molecule has 2 aromatic heterocycles. The number of ether oxygens (including phenoxy) is 4. The van der Waals surface area contributed by atoms with Gasteiger partial charge in [-0.3, -0.25) is 14.3 Å². The van der Waals surface area contributed by atoms with Gasteiger partial charge in [-0.05, 0) is 59.9 Å². The molecular weight excluding hydrogens is 674 g/mol. The summed E-state index contributed by atoms with van der Waals surface area (Å²) in [7, 11) is 3.15. The third kappa shape index (κ3) is 7.30. The molecule has 0 unspecified atom stereocenters. The average molecular weight is 714 g/mol. The molecule has 0 saturated carbocycles. The molecule has 14 heteroatoms. The Kier molecular flexibility index (Phi) is 10.5. The largest absolute Gasteiger partial charge is 0.497 e. The van der Waals surface area contributed by atoms with Gasteiger partial charge in [-0.25, -0.2) is 9.59 Å². The van der Waals surface area contributed by atoms with Gasteiger partial charge in [-0.2, -0.15) is 0 Å². The fraction of sp³-hybridized carbons (Fsp3) is 0.289. The minimum Gasteiger partial charge on any atom is -0.497 e. The lowest BCUT2D eigenvalue weighted by molar-refractivity contribution is -0.145. The third-order valence-electron chi connectivity index (χ3n) is 9.09. The van der Waals surface area contributed by atoms with E-state index in [9.17, 15) is 29.7 Å². The molecule has 0 amide bonds. The number of hydrogen-bond acceptors (Lipinski definition) is 11. The SMILES string of the molecule is COc1ccc(C(OC[C@H]2O[C@@H](n3cc(C)c(=O)[nH]c3=O)C[C@H]2O)(c2ccc(CCC(=O)On3c(O)ccc3O)cc2)c2ccc(OC)cc2)cc1. The van der Waals surface area contributed by atoms with E-state index >= 15 is 0 Å². The van der Waals surface area contributed by atoms with Crippen molar-refractivity contribution in [3.63, 3.8) is 0 Å². The first-order chi connectivity index (χ1) is 25.0. The molecular formula is C38H39N3O11. The Morgan fingerprint density at radius 3 is 1.94 bits per heavy atom. The topological polar surface area (TPSA) is 184 Å². The summed E-state index contributed by atoms with van der Waals surface area (Å²) in [5.74, 6) is -0.205. The lowest BCUT2D eigenvalue weighted by Crippen LogP contribution is -2.38. The maximum Gasteiger partial charge on any atom is 0.333 e. The van der Waals surface area contributed by atoms with Crippen molar-refractivity contribution in [1.82, 2.24) is 14.3 Å². The second kappa shape index (κ2) is 15.2. The second-order valence-electron chi connectivity index (χ2n) is 12.4. The van der Waals surface area contributed by atoms with Gasteiger partial charge in [-0.15, -0.1) is 4.73 Å². The van der Waals surface area contributed by atoms with Crippen molar-refractivity contribution in [2.24, 2.45) is 0 Å². The molecule has 1 fully saturated rings. The van der Waals surface area contributed by atoms with Gasteiger partial charge in [-0.1, -0.05) is 48.5 Å². The van der Waals surface area contributed by atoms with E-state index in [0.717, 1.165) is 16.7 Å². The van der Waals surface area contributed by atoms with Crippen molar-refractivity contribution in [3.8, 4) is 23.3 Å². The van der Waals surface area contributed by atoms with Crippen molar-refractivity contribution in [2.75, 3.05) is 20.8 Å². The van der Waals surface area contributed by atoms with Crippen LogP contribution in [-0.4, -0.2) is 68.6 Å². The minimum absolute atomic E-state index is 0.0367. The maximum atomic E-state index is 12.6. The Balaban J connectivity index is 1.32. The normalized spacial score (nSPS) is 17.2. The van der Waals surface area contributed by atoms with Crippen LogP contribution in [0.1, 0.15) is 46.9 Å². The first-order valence-electron chi connectivity index (χ1n) is 16.5. The van der Waals surface area contributed by atoms with E-state index in [4.69, 9.17) is 23.8 Å². The number of nitrogens with zero attached hydrogens (tertiary/aromatic N) is 2. The van der Waals surface area contributed by atoms with Gasteiger partial charge in [0.2, 0.25) is 11.8 Å². The highest BCUT2D eigenvalue weighted by Gasteiger charge is 2.42. The molecule has 272 valence electrons. The van der Waals surface area contributed by atoms with Gasteiger partial charge in [0.25, 0.3) is 5.56 Å². The van der Waals surface area contributed by atoms with Crippen molar-refractivity contribution < 1.29 is 43.9 Å². The van der Waals surface area contributed by atoms with Gasteiger partial charge in [0.05, 0.1) is 33.4 Å². The number of rotatable bonds is 13. The summed E-state index contributed by atoms with van der Waals surface area (Å²) in [5, 5.41) is 30.7. The van der Waals surface area contributed by atoms with E-state index in [-0.39, 0.29) is 19.4 Å². The number of aliphatic hydroxyl groups is 1. The highest BCUT2D eigenvalue weighted by Crippen LogP contribution is 2.43. The molecule has 0 bridgehead atoms. The van der Waals surface area contributed by atoms with Crippen LogP contribution in [0.15, 0.2) is 101 Å². The molecule has 4 N–H and O–H groups in total. The lowest BCUT2D eigenvalue weighted by Gasteiger charge is -2.37. The summed E-state index contributed by atoms with van der Waals surface area (Å²) < 4.78 is 25.9. The van der Waals surface area contributed by atoms with Gasteiger partial charge in [0.15, 0.2) is 0 Å². The molecule has 1 aliphatic rings. The fourth-order valence-electron chi connectivity index (χ4n) is 6.24. The molecule has 3 heterocycles. The Hall–Kier alpha value is -5.83. The standard InChI is InChI=1S/C38H39N3O11/c1-23-21-40(37(47)39-36(23)46)34-20-30(42)31(51-34)22-50-38(26-9-13-28(48-2)14-10-26,27-11-15-29(49-3)16-12-27)25-7-4-24(5-8-25)6-19-35(45)52-41-32(43)17-18-33(41)44/h4-5,7-18,21,30-31,34,42-44H,6,19-20,22H2,1-3H3,(H,39,46,47)/t30-,31-,34-/m1/s1. The average Bonchev–Trinajstić information content (AvgIpc) is 3.69. The van der Waals surface area contributed by atoms with Crippen LogP contribution in [0.2, 0.25) is 0 Å². The van der Waals surface area contributed by atoms with Crippen LogP contribution in [0.25, 0.3) is 0 Å². The molecule has 0 radical (unpaired) electrons. The van der Waals surface area contributed by atoms with Crippen LogP contribution in [0.3, 0.4) is 0 Å². The monoisotopic (exact) mass is 713 g/mol. The van der Waals surface area contributed by atoms with Crippen LogP contribution >= 0.6 is 0 Å². The number of aryl methyl sites for hydroxylation is 2. The number of hydrogen-bond donors (Lipinski definition) is 4. The number of aromatic amines is 1. The van der Waals surface area contributed by atoms with E-state index in [2.05, 4.69) is 4.98 Å². The molecule has 52 heavy (non-hydrogen) atoms. The van der Waals surface area contributed by atoms with Crippen molar-refractivity contribution in [2.45, 2.75) is 50.2 Å². The predicted molar refractivity (Wildman–Crippen MR) is 187 cm³/mol. The molecule has 3 aromatic carbocycles. The highest BCUT2D eigenvalue weighted by molar-refractivity contribution is 5.70. The number of aromatic nitrogens is 3. The number of H-pyrrole nitrogens is 1. The summed E-state index contributed by atoms with van der Waals surface area (Å²) in [6.45, 7) is 1.48. The summed E-state index contributed by atoms with van der Waals surface area (Å²) in [6.07, 6.45) is -0.900. The number of carbonyl (C=O) groups excluding carboxylic acids is 1. The summed E-state index contributed by atoms with van der Waals surface area (Å²) in [6, 6.07) is 24.7. The zero-order valence-corrected chi connectivity index (χ0v) is 28.7. The molecule has 1 saturated heterocycles. The van der Waals surface area contributed by atoms with Crippen molar-refractivity contribution in [1.29, 1.82) is 0 Å². The number of carbonyl (C=O) groups is 1. The van der Waals surface area contributed by atoms with Crippen LogP contribution < -0.4 is 25.6 Å². The van der Waals surface area contributed by atoms with E-state index < -0.39 is 53.0 Å². The predicted octanol–water partition coefficient (Wildman–Crippen LogP) is 3.32. The van der Waals surface area contributed by atoms with Gasteiger partial charge < -0.3 is 39.1 Å². The van der Waals surface area contributed by atoms with Crippen LogP contribution in [-0.2, 0) is 26.3 Å². The van der Waals surface area contributed by atoms with Crippen molar-refractivity contribution >= 4 is 5.97 Å². The molecule has 3 atom stereocenters. The number of methoxy groups -OCH3 is 2. The lowest BCUT2D eigenvalue weighted by atomic mass is 9.79. The van der Waals surface area contributed by atoms with Crippen LogP contribution in [0.4, 0.5) is 0 Å². The quantitative estimate of drug-likeness (QED) is 0.131. The van der Waals surface area contributed by atoms with E-state index in [1.165, 1.54) is 22.9 Å². The maximum absolute atomic E-state index is 12.6. The molecule has 1 aliphatic heterocycles. The zero-order chi connectivity index (χ0) is 37.0. The molecule has 14 nitrogen and oxygen atoms in total. The Morgan fingerprint density at radius 2 is 1.40 bits per heavy atom. The molecule has 0 aliphatic carbocycles. The van der Waals surface area contributed by atoms with E-state index in [0.29, 0.717) is 33.8 Å². The summed E-state index contributed by atoms with van der Waals surface area (Å²) in [4.78, 5) is 44.5. The Bertz CT molecular complexity index is 2050. The van der Waals surface area contributed by atoms with Crippen LogP contribution in [0, 0.1) is 6.92 Å². The van der Waals surface area contributed by atoms with E-state index in [1.54, 1.807) is 21.1 Å². The number of benzene rings is 3. The Morgan fingerprint density at radius 1 is 0.865 bits per heavy atom. The van der Waals surface area contributed by atoms with Crippen molar-refractivity contribution in [3.05, 3.63) is 140 Å². The number of nitrogens with one attached hydrogen (secondary N) is 1. The first-order valence-corrected chi connectivity index (χ1v) is 16.5. The zero-order valence-electron chi connectivity index (χ0n) is 28.7. The fourth-order valence-corrected chi connectivity index (χ4v) is 6.24. The molecule has 5 aromatic rings. The summed E-state index contributed by atoms with van der Waals surface area (Å²) in [5.41, 5.74) is 0.908. The van der Waals surface area contributed by atoms with Gasteiger partial charge in [0, 0.05) is 30.3 Å². The Labute approximate surface area is 297 Å². The number of aliphatic hydroxyl groups excluding tert-OH is 1. The smallest absolute Gasteiger partial charge is 0.333 e. The minimum atomic E-state index is -1.27. The third-order valence-corrected chi connectivity index (χ3v) is 9.09. The first kappa shape index (κ1) is 36.0. The van der Waals surface area contributed by atoms with Crippen LogP contribution in [0.5, 0.6) is 23.3 Å². The number of aromatic hydroxyl groups is 2. The van der Waals surface area contributed by atoms with Gasteiger partial charge in [0.1, 0.15) is 29.4 Å².